The Morgan fingerprint density at radius 2 is 2.05 bits per heavy atom. The number of unbranched alkanes of at least 4 members (excludes halogenated alkanes) is 2. The Hall–Kier alpha value is -2.35. The van der Waals surface area contributed by atoms with Crippen LogP contribution in [0.3, 0.4) is 0 Å². The molecule has 0 saturated carbocycles. The number of anilines is 1. The first-order valence-corrected chi connectivity index (χ1v) is 6.72. The Morgan fingerprint density at radius 3 is 2.75 bits per heavy atom. The summed E-state index contributed by atoms with van der Waals surface area (Å²) in [5, 5.41) is 14.1. The minimum Gasteiger partial charge on any atom is -0.356 e. The van der Waals surface area contributed by atoms with Crippen molar-refractivity contribution in [2.24, 2.45) is 0 Å². The van der Waals surface area contributed by atoms with Crippen molar-refractivity contribution in [2.75, 3.05) is 11.9 Å². The number of amides is 2. The Bertz CT molecular complexity index is 506. The van der Waals surface area contributed by atoms with Gasteiger partial charge in [0.05, 0.1) is 11.6 Å². The predicted molar refractivity (Wildman–Crippen MR) is 76.9 cm³/mol. The van der Waals surface area contributed by atoms with Gasteiger partial charge in [0, 0.05) is 12.2 Å². The van der Waals surface area contributed by atoms with E-state index in [0.29, 0.717) is 17.8 Å². The Balaban J connectivity index is 2.35. The number of carbonyl (C=O) groups excluding carboxylic acids is 2. The summed E-state index contributed by atoms with van der Waals surface area (Å²) in [7, 11) is 0. The van der Waals surface area contributed by atoms with Crippen LogP contribution in [-0.4, -0.2) is 18.4 Å². The van der Waals surface area contributed by atoms with Crippen LogP contribution in [0, 0.1) is 11.3 Å². The van der Waals surface area contributed by atoms with Crippen molar-refractivity contribution in [3.05, 3.63) is 29.8 Å². The van der Waals surface area contributed by atoms with E-state index in [4.69, 9.17) is 5.26 Å². The average Bonchev–Trinajstić information content (AvgIpc) is 2.43. The second-order valence-corrected chi connectivity index (χ2v) is 4.47. The molecular formula is C15H19N3O2. The van der Waals surface area contributed by atoms with Crippen molar-refractivity contribution >= 4 is 17.5 Å². The van der Waals surface area contributed by atoms with Gasteiger partial charge in [0.2, 0.25) is 11.8 Å². The number of hydrogen-bond acceptors (Lipinski definition) is 3. The van der Waals surface area contributed by atoms with Crippen molar-refractivity contribution in [3.8, 4) is 6.07 Å². The molecule has 0 radical (unpaired) electrons. The lowest BCUT2D eigenvalue weighted by molar-refractivity contribution is -0.126. The van der Waals surface area contributed by atoms with Gasteiger partial charge < -0.3 is 10.6 Å². The van der Waals surface area contributed by atoms with Crippen molar-refractivity contribution in [1.82, 2.24) is 5.32 Å². The van der Waals surface area contributed by atoms with Crippen molar-refractivity contribution in [2.45, 2.75) is 32.6 Å². The molecule has 1 aromatic carbocycles. The van der Waals surface area contributed by atoms with Gasteiger partial charge in [0.1, 0.15) is 6.42 Å². The van der Waals surface area contributed by atoms with Gasteiger partial charge in [0.15, 0.2) is 0 Å². The number of benzene rings is 1. The number of nitrogens with one attached hydrogen (secondary N) is 2. The Labute approximate surface area is 119 Å². The maximum Gasteiger partial charge on any atom is 0.233 e. The summed E-state index contributed by atoms with van der Waals surface area (Å²) in [6, 6.07) is 8.56. The molecule has 2 amide bonds. The highest BCUT2D eigenvalue weighted by Gasteiger charge is 2.09. The smallest absolute Gasteiger partial charge is 0.233 e. The van der Waals surface area contributed by atoms with E-state index in [9.17, 15) is 9.59 Å². The summed E-state index contributed by atoms with van der Waals surface area (Å²) in [5.74, 6) is -0.664. The molecule has 2 N–H and O–H groups in total. The zero-order valence-electron chi connectivity index (χ0n) is 11.6. The minimum absolute atomic E-state index is 0.205. The Kier molecular flexibility index (Phi) is 6.83. The van der Waals surface area contributed by atoms with E-state index in [1.54, 1.807) is 24.3 Å². The van der Waals surface area contributed by atoms with E-state index >= 15 is 0 Å². The molecule has 0 heterocycles. The number of nitrogens with zero attached hydrogens (tertiary/aromatic N) is 1. The quantitative estimate of drug-likeness (QED) is 0.590. The summed E-state index contributed by atoms with van der Waals surface area (Å²) in [6.45, 7) is 2.69. The third kappa shape index (κ3) is 6.01. The van der Waals surface area contributed by atoms with Crippen molar-refractivity contribution in [3.63, 3.8) is 0 Å². The standard InChI is InChI=1S/C15H19N3O2/c1-2-3-4-8-17-14(19)10-15(20)18-13-7-5-6-12(9-13)11-16/h5-7,9H,2-4,8,10H2,1H3,(H,17,19)(H,18,20). The van der Waals surface area contributed by atoms with E-state index in [-0.39, 0.29) is 18.2 Å². The summed E-state index contributed by atoms with van der Waals surface area (Å²) in [5.41, 5.74) is 0.986. The van der Waals surface area contributed by atoms with Crippen LogP contribution in [0.5, 0.6) is 0 Å². The SMILES string of the molecule is CCCCCNC(=O)CC(=O)Nc1cccc(C#N)c1. The highest BCUT2D eigenvalue weighted by Crippen LogP contribution is 2.09. The molecule has 0 saturated heterocycles. The van der Waals surface area contributed by atoms with Crippen molar-refractivity contribution < 1.29 is 9.59 Å². The number of hydrogen-bond donors (Lipinski definition) is 2. The van der Waals surface area contributed by atoms with Crippen LogP contribution < -0.4 is 10.6 Å². The zero-order chi connectivity index (χ0) is 14.8. The third-order valence-electron chi connectivity index (χ3n) is 2.70. The molecular weight excluding hydrogens is 254 g/mol. The van der Waals surface area contributed by atoms with Crippen LogP contribution >= 0.6 is 0 Å². The monoisotopic (exact) mass is 273 g/mol. The molecule has 1 rings (SSSR count). The summed E-state index contributed by atoms with van der Waals surface area (Å²) in [6.07, 6.45) is 2.87. The molecule has 106 valence electrons. The molecule has 0 atom stereocenters. The maximum absolute atomic E-state index is 11.7. The molecule has 0 aliphatic rings. The van der Waals surface area contributed by atoms with Gasteiger partial charge in [-0.25, -0.2) is 0 Å². The number of nitriles is 1. The fourth-order valence-corrected chi connectivity index (χ4v) is 1.68. The van der Waals surface area contributed by atoms with Crippen LogP contribution in [0.4, 0.5) is 5.69 Å². The van der Waals surface area contributed by atoms with Gasteiger partial charge in [-0.05, 0) is 24.6 Å². The van der Waals surface area contributed by atoms with Crippen molar-refractivity contribution in [1.29, 1.82) is 5.26 Å². The molecule has 0 bridgehead atoms. The summed E-state index contributed by atoms with van der Waals surface area (Å²) in [4.78, 5) is 23.2. The minimum atomic E-state index is -0.381. The molecule has 0 fully saturated rings. The van der Waals surface area contributed by atoms with E-state index in [1.165, 1.54) is 0 Å². The molecule has 0 spiro atoms. The van der Waals surface area contributed by atoms with E-state index in [2.05, 4.69) is 17.6 Å². The first kappa shape index (κ1) is 15.7. The van der Waals surface area contributed by atoms with Gasteiger partial charge in [-0.15, -0.1) is 0 Å². The lowest BCUT2D eigenvalue weighted by Crippen LogP contribution is -2.28. The Morgan fingerprint density at radius 1 is 1.25 bits per heavy atom. The van der Waals surface area contributed by atoms with Crippen LogP contribution in [0.1, 0.15) is 38.2 Å². The zero-order valence-corrected chi connectivity index (χ0v) is 11.6. The normalized spacial score (nSPS) is 9.60. The molecule has 0 aliphatic carbocycles. The van der Waals surface area contributed by atoms with Crippen LogP contribution in [0.25, 0.3) is 0 Å². The van der Waals surface area contributed by atoms with E-state index < -0.39 is 0 Å². The topological polar surface area (TPSA) is 82.0 Å². The molecule has 0 aromatic heterocycles. The molecule has 0 unspecified atom stereocenters. The molecule has 0 aliphatic heterocycles. The van der Waals surface area contributed by atoms with Gasteiger partial charge in [-0.2, -0.15) is 5.26 Å². The largest absolute Gasteiger partial charge is 0.356 e. The lowest BCUT2D eigenvalue weighted by Gasteiger charge is -2.06. The van der Waals surface area contributed by atoms with Crippen LogP contribution in [-0.2, 0) is 9.59 Å². The van der Waals surface area contributed by atoms with Gasteiger partial charge in [-0.3, -0.25) is 9.59 Å². The van der Waals surface area contributed by atoms with Crippen LogP contribution in [0.2, 0.25) is 0 Å². The maximum atomic E-state index is 11.7. The summed E-state index contributed by atoms with van der Waals surface area (Å²) >= 11 is 0. The number of rotatable bonds is 7. The second kappa shape index (κ2) is 8.70. The highest BCUT2D eigenvalue weighted by atomic mass is 16.2. The summed E-state index contributed by atoms with van der Waals surface area (Å²) < 4.78 is 0. The third-order valence-corrected chi connectivity index (χ3v) is 2.70. The van der Waals surface area contributed by atoms with Gasteiger partial charge >= 0.3 is 0 Å². The van der Waals surface area contributed by atoms with Gasteiger partial charge in [0.25, 0.3) is 0 Å². The fourth-order valence-electron chi connectivity index (χ4n) is 1.68. The van der Waals surface area contributed by atoms with E-state index in [1.807, 2.05) is 6.07 Å². The first-order chi connectivity index (χ1) is 9.65. The molecule has 5 heteroatoms. The first-order valence-electron chi connectivity index (χ1n) is 6.72. The average molecular weight is 273 g/mol. The van der Waals surface area contributed by atoms with Crippen LogP contribution in [0.15, 0.2) is 24.3 Å². The number of carbonyl (C=O) groups is 2. The highest BCUT2D eigenvalue weighted by molar-refractivity contribution is 6.03. The second-order valence-electron chi connectivity index (χ2n) is 4.47. The molecule has 20 heavy (non-hydrogen) atoms. The van der Waals surface area contributed by atoms with Gasteiger partial charge in [-0.1, -0.05) is 25.8 Å². The molecule has 1 aromatic rings. The molecule has 5 nitrogen and oxygen atoms in total. The van der Waals surface area contributed by atoms with E-state index in [0.717, 1.165) is 19.3 Å². The predicted octanol–water partition coefficient (Wildman–Crippen LogP) is 2.19. The fraction of sp³-hybridized carbons (Fsp3) is 0.400. The lowest BCUT2D eigenvalue weighted by atomic mass is 10.2.